The maximum atomic E-state index is 5.67. The number of nitrogens with zero attached hydrogens (tertiary/aromatic N) is 6. The van der Waals surface area contributed by atoms with Gasteiger partial charge in [-0.2, -0.15) is 0 Å². The average Bonchev–Trinajstić information content (AvgIpc) is 3.11. The molecule has 140 valence electrons. The zero-order valence-electron chi connectivity index (χ0n) is 14.3. The van der Waals surface area contributed by atoms with Crippen LogP contribution < -0.4 is 5.73 Å². The van der Waals surface area contributed by atoms with Gasteiger partial charge in [0.05, 0.1) is 12.9 Å². The van der Waals surface area contributed by atoms with Crippen LogP contribution in [-0.2, 0) is 6.54 Å². The van der Waals surface area contributed by atoms with Gasteiger partial charge in [-0.25, -0.2) is 4.98 Å². The van der Waals surface area contributed by atoms with E-state index in [4.69, 9.17) is 5.73 Å². The lowest BCUT2D eigenvalue weighted by molar-refractivity contribution is 0.212. The highest BCUT2D eigenvalue weighted by Gasteiger charge is 2.33. The molecule has 3 heterocycles. The molecule has 0 aromatic carbocycles. The maximum Gasteiger partial charge on any atom is 0.153 e. The minimum absolute atomic E-state index is 0. The van der Waals surface area contributed by atoms with E-state index in [1.54, 1.807) is 0 Å². The van der Waals surface area contributed by atoms with E-state index in [9.17, 15) is 0 Å². The topological polar surface area (TPSA) is 77.8 Å². The molecular weight excluding hydrogens is 361 g/mol. The Hall–Kier alpha value is -1.15. The molecule has 0 bridgehead atoms. The summed E-state index contributed by atoms with van der Waals surface area (Å²) in [7, 11) is 0. The summed E-state index contributed by atoms with van der Waals surface area (Å²) < 4.78 is 4.49. The Morgan fingerprint density at radius 2 is 1.84 bits per heavy atom. The van der Waals surface area contributed by atoms with Gasteiger partial charge in [-0.3, -0.25) is 0 Å². The van der Waals surface area contributed by atoms with Gasteiger partial charge in [0.15, 0.2) is 5.82 Å². The SMILES string of the molecule is Cl.Cl.NCCN1CCC(c2nnc(Cn3ccnc3)n2C2CC2)CC1. The van der Waals surface area contributed by atoms with E-state index < -0.39 is 0 Å². The number of hydrogen-bond acceptors (Lipinski definition) is 5. The van der Waals surface area contributed by atoms with Crippen molar-refractivity contribution < 1.29 is 0 Å². The fraction of sp³-hybridized carbons (Fsp3) is 0.688. The smallest absolute Gasteiger partial charge is 0.153 e. The summed E-state index contributed by atoms with van der Waals surface area (Å²) in [6, 6.07) is 0.612. The van der Waals surface area contributed by atoms with Crippen LogP contribution in [0.1, 0.15) is 49.3 Å². The second kappa shape index (κ2) is 8.98. The number of imidazole rings is 1. The summed E-state index contributed by atoms with van der Waals surface area (Å²) in [5.41, 5.74) is 5.67. The quantitative estimate of drug-likeness (QED) is 0.817. The van der Waals surface area contributed by atoms with Gasteiger partial charge in [0.2, 0.25) is 0 Å². The van der Waals surface area contributed by atoms with Gasteiger partial charge in [-0.05, 0) is 38.8 Å². The zero-order chi connectivity index (χ0) is 15.6. The Labute approximate surface area is 160 Å². The van der Waals surface area contributed by atoms with Crippen molar-refractivity contribution in [1.29, 1.82) is 0 Å². The van der Waals surface area contributed by atoms with Gasteiger partial charge in [0.1, 0.15) is 5.82 Å². The first-order valence-corrected chi connectivity index (χ1v) is 8.67. The average molecular weight is 388 g/mol. The van der Waals surface area contributed by atoms with Crippen LogP contribution in [0, 0.1) is 0 Å². The Morgan fingerprint density at radius 3 is 2.44 bits per heavy atom. The number of hydrogen-bond donors (Lipinski definition) is 1. The van der Waals surface area contributed by atoms with E-state index in [1.165, 1.54) is 18.7 Å². The first-order chi connectivity index (χ1) is 11.3. The van der Waals surface area contributed by atoms with Crippen molar-refractivity contribution in [2.24, 2.45) is 5.73 Å². The molecule has 2 fully saturated rings. The largest absolute Gasteiger partial charge is 0.330 e. The van der Waals surface area contributed by atoms with Crippen molar-refractivity contribution >= 4 is 24.8 Å². The molecule has 0 amide bonds. The van der Waals surface area contributed by atoms with Gasteiger partial charge >= 0.3 is 0 Å². The third kappa shape index (κ3) is 4.53. The van der Waals surface area contributed by atoms with E-state index in [0.717, 1.165) is 51.4 Å². The molecule has 9 heteroatoms. The van der Waals surface area contributed by atoms with Gasteiger partial charge in [-0.15, -0.1) is 35.0 Å². The summed E-state index contributed by atoms with van der Waals surface area (Å²) in [6.07, 6.45) is 10.5. The predicted molar refractivity (Wildman–Crippen MR) is 102 cm³/mol. The molecule has 2 aromatic heterocycles. The molecule has 1 aliphatic carbocycles. The normalized spacial score (nSPS) is 18.6. The zero-order valence-corrected chi connectivity index (χ0v) is 16.0. The molecular formula is C16H27Cl2N7. The molecule has 1 saturated heterocycles. The highest BCUT2D eigenvalue weighted by atomic mass is 35.5. The second-order valence-electron chi connectivity index (χ2n) is 6.72. The molecule has 2 aliphatic rings. The summed E-state index contributed by atoms with van der Waals surface area (Å²) >= 11 is 0. The van der Waals surface area contributed by atoms with Crippen molar-refractivity contribution in [3.05, 3.63) is 30.4 Å². The van der Waals surface area contributed by atoms with Crippen LogP contribution in [0.4, 0.5) is 0 Å². The fourth-order valence-corrected chi connectivity index (χ4v) is 3.60. The highest BCUT2D eigenvalue weighted by molar-refractivity contribution is 5.85. The van der Waals surface area contributed by atoms with E-state index >= 15 is 0 Å². The lowest BCUT2D eigenvalue weighted by Crippen LogP contribution is -2.37. The van der Waals surface area contributed by atoms with Crippen LogP contribution in [0.25, 0.3) is 0 Å². The van der Waals surface area contributed by atoms with Crippen LogP contribution >= 0.6 is 24.8 Å². The lowest BCUT2D eigenvalue weighted by Gasteiger charge is -2.31. The summed E-state index contributed by atoms with van der Waals surface area (Å²) in [5, 5.41) is 9.10. The van der Waals surface area contributed by atoms with Gasteiger partial charge in [0, 0.05) is 37.4 Å². The maximum absolute atomic E-state index is 5.67. The van der Waals surface area contributed by atoms with Crippen molar-refractivity contribution in [1.82, 2.24) is 29.2 Å². The number of aromatic nitrogens is 5. The Balaban J connectivity index is 0.00000113. The standard InChI is InChI=1S/C16H25N7.2ClH/c17-5-9-21-7-3-13(4-8-21)16-20-19-15(23(16)14-1-2-14)11-22-10-6-18-12-22;;/h6,10,12-14H,1-5,7-9,11,17H2;2*1H. The molecule has 4 rings (SSSR count). The van der Waals surface area contributed by atoms with E-state index in [1.807, 2.05) is 18.7 Å². The molecule has 1 aliphatic heterocycles. The van der Waals surface area contributed by atoms with E-state index in [2.05, 4.69) is 29.2 Å². The van der Waals surface area contributed by atoms with Crippen LogP contribution in [-0.4, -0.2) is 55.4 Å². The highest BCUT2D eigenvalue weighted by Crippen LogP contribution is 2.39. The minimum Gasteiger partial charge on any atom is -0.330 e. The van der Waals surface area contributed by atoms with Gasteiger partial charge in [0.25, 0.3) is 0 Å². The molecule has 2 aromatic rings. The van der Waals surface area contributed by atoms with Crippen LogP contribution in [0.2, 0.25) is 0 Å². The molecule has 0 atom stereocenters. The minimum atomic E-state index is 0. The summed E-state index contributed by atoms with van der Waals surface area (Å²) in [6.45, 7) is 4.76. The van der Waals surface area contributed by atoms with E-state index in [-0.39, 0.29) is 24.8 Å². The molecule has 25 heavy (non-hydrogen) atoms. The van der Waals surface area contributed by atoms with Gasteiger partial charge < -0.3 is 19.8 Å². The van der Waals surface area contributed by atoms with Crippen LogP contribution in [0.5, 0.6) is 0 Å². The number of nitrogens with two attached hydrogens (primary N) is 1. The molecule has 0 unspecified atom stereocenters. The molecule has 0 radical (unpaired) electrons. The summed E-state index contributed by atoms with van der Waals surface area (Å²) in [4.78, 5) is 6.58. The molecule has 0 spiro atoms. The first-order valence-electron chi connectivity index (χ1n) is 8.67. The molecule has 7 nitrogen and oxygen atoms in total. The monoisotopic (exact) mass is 387 g/mol. The Morgan fingerprint density at radius 1 is 1.08 bits per heavy atom. The van der Waals surface area contributed by atoms with Crippen molar-refractivity contribution in [2.75, 3.05) is 26.2 Å². The lowest BCUT2D eigenvalue weighted by atomic mass is 9.96. The predicted octanol–water partition coefficient (Wildman–Crippen LogP) is 1.84. The van der Waals surface area contributed by atoms with Crippen LogP contribution in [0.15, 0.2) is 18.7 Å². The van der Waals surface area contributed by atoms with Crippen molar-refractivity contribution in [3.8, 4) is 0 Å². The van der Waals surface area contributed by atoms with Crippen molar-refractivity contribution in [2.45, 2.75) is 44.2 Å². The Bertz CT molecular complexity index is 631. The molecule has 1 saturated carbocycles. The third-order valence-corrected chi connectivity index (χ3v) is 4.99. The van der Waals surface area contributed by atoms with Gasteiger partial charge in [-0.1, -0.05) is 0 Å². The van der Waals surface area contributed by atoms with Crippen LogP contribution in [0.3, 0.4) is 0 Å². The number of likely N-dealkylation sites (tertiary alicyclic amines) is 1. The summed E-state index contributed by atoms with van der Waals surface area (Å²) in [5.74, 6) is 2.81. The first kappa shape index (κ1) is 20.2. The molecule has 2 N–H and O–H groups in total. The number of halogens is 2. The Kier molecular flexibility index (Phi) is 7.25. The van der Waals surface area contributed by atoms with E-state index in [0.29, 0.717) is 12.0 Å². The second-order valence-corrected chi connectivity index (χ2v) is 6.72. The third-order valence-electron chi connectivity index (χ3n) is 4.99. The number of rotatable bonds is 6. The fourth-order valence-electron chi connectivity index (χ4n) is 3.60. The van der Waals surface area contributed by atoms with Crippen molar-refractivity contribution in [3.63, 3.8) is 0 Å². The number of piperidine rings is 1.